The number of hydrogen-bond donors (Lipinski definition) is 2. The fourth-order valence-electron chi connectivity index (χ4n) is 1.86. The van der Waals surface area contributed by atoms with Crippen LogP contribution in [0.3, 0.4) is 0 Å². The third-order valence-corrected chi connectivity index (χ3v) is 3.59. The van der Waals surface area contributed by atoms with Crippen LogP contribution in [0.5, 0.6) is 11.5 Å². The van der Waals surface area contributed by atoms with Gasteiger partial charge in [-0.25, -0.2) is 0 Å². The van der Waals surface area contributed by atoms with Crippen LogP contribution in [0.1, 0.15) is 10.4 Å². The Morgan fingerprint density at radius 1 is 1.14 bits per heavy atom. The molecule has 2 aromatic rings. The fraction of sp³-hybridized carbons (Fsp3) is 0.133. The van der Waals surface area contributed by atoms with Gasteiger partial charge in [0, 0.05) is 11.8 Å². The van der Waals surface area contributed by atoms with Crippen molar-refractivity contribution in [1.82, 2.24) is 0 Å². The molecule has 0 saturated heterocycles. The van der Waals surface area contributed by atoms with E-state index in [2.05, 4.69) is 21.2 Å². The van der Waals surface area contributed by atoms with Crippen LogP contribution in [0.15, 0.2) is 40.9 Å². The van der Waals surface area contributed by atoms with E-state index in [-0.39, 0.29) is 5.91 Å². The molecule has 0 radical (unpaired) electrons. The fourth-order valence-corrected chi connectivity index (χ4v) is 2.26. The molecular formula is C15H15BrN2O3. The third-order valence-electron chi connectivity index (χ3n) is 2.94. The van der Waals surface area contributed by atoms with Crippen molar-refractivity contribution >= 4 is 33.2 Å². The molecule has 2 aromatic carbocycles. The highest BCUT2D eigenvalue weighted by Crippen LogP contribution is 2.29. The first-order chi connectivity index (χ1) is 10.1. The monoisotopic (exact) mass is 350 g/mol. The molecule has 110 valence electrons. The average Bonchev–Trinajstić information content (AvgIpc) is 2.49. The van der Waals surface area contributed by atoms with Gasteiger partial charge in [0.15, 0.2) is 0 Å². The van der Waals surface area contributed by atoms with Gasteiger partial charge in [0.25, 0.3) is 5.91 Å². The maximum Gasteiger partial charge on any atom is 0.257 e. The minimum Gasteiger partial charge on any atom is -0.495 e. The van der Waals surface area contributed by atoms with Crippen LogP contribution in [-0.2, 0) is 0 Å². The van der Waals surface area contributed by atoms with E-state index in [1.165, 1.54) is 7.11 Å². The Hall–Kier alpha value is -2.21. The van der Waals surface area contributed by atoms with Crippen molar-refractivity contribution in [3.8, 4) is 11.5 Å². The number of rotatable bonds is 4. The number of amides is 1. The Kier molecular flexibility index (Phi) is 4.70. The lowest BCUT2D eigenvalue weighted by Crippen LogP contribution is -2.14. The molecule has 21 heavy (non-hydrogen) atoms. The van der Waals surface area contributed by atoms with Gasteiger partial charge in [0.1, 0.15) is 11.5 Å². The average molecular weight is 351 g/mol. The van der Waals surface area contributed by atoms with Crippen molar-refractivity contribution in [3.63, 3.8) is 0 Å². The van der Waals surface area contributed by atoms with Gasteiger partial charge in [-0.15, -0.1) is 0 Å². The number of halogens is 1. The van der Waals surface area contributed by atoms with E-state index in [0.717, 1.165) is 4.47 Å². The van der Waals surface area contributed by atoms with E-state index in [4.69, 9.17) is 15.2 Å². The molecule has 0 aromatic heterocycles. The summed E-state index contributed by atoms with van der Waals surface area (Å²) >= 11 is 3.36. The second kappa shape index (κ2) is 6.49. The molecule has 0 saturated carbocycles. The molecule has 2 rings (SSSR count). The van der Waals surface area contributed by atoms with E-state index >= 15 is 0 Å². The molecule has 3 N–H and O–H groups in total. The van der Waals surface area contributed by atoms with Crippen molar-refractivity contribution in [2.45, 2.75) is 0 Å². The van der Waals surface area contributed by atoms with Crippen molar-refractivity contribution in [3.05, 3.63) is 46.4 Å². The summed E-state index contributed by atoms with van der Waals surface area (Å²) in [5, 5.41) is 2.78. The summed E-state index contributed by atoms with van der Waals surface area (Å²) in [5.41, 5.74) is 7.19. The van der Waals surface area contributed by atoms with Crippen molar-refractivity contribution in [2.24, 2.45) is 0 Å². The molecule has 0 atom stereocenters. The molecule has 1 amide bonds. The maximum absolute atomic E-state index is 12.3. The molecule has 6 heteroatoms. The second-order valence-electron chi connectivity index (χ2n) is 4.22. The Balaban J connectivity index is 2.26. The number of benzene rings is 2. The standard InChI is InChI=1S/C15H15BrN2O3/c1-20-12-5-3-4-10(14(12)17)15(19)18-9-6-7-11(16)13(8-9)21-2/h3-8H,17H2,1-2H3,(H,18,19). The molecule has 0 aliphatic heterocycles. The van der Waals surface area contributed by atoms with Gasteiger partial charge in [-0.05, 0) is 40.2 Å². The van der Waals surface area contributed by atoms with Crippen LogP contribution in [0.2, 0.25) is 0 Å². The summed E-state index contributed by atoms with van der Waals surface area (Å²) < 4.78 is 11.1. The number of anilines is 2. The number of nitrogen functional groups attached to an aromatic ring is 1. The number of nitrogens with one attached hydrogen (secondary N) is 1. The third kappa shape index (κ3) is 3.28. The first-order valence-electron chi connectivity index (χ1n) is 6.14. The number of ether oxygens (including phenoxy) is 2. The number of para-hydroxylation sites is 1. The predicted octanol–water partition coefficient (Wildman–Crippen LogP) is 3.30. The number of nitrogens with two attached hydrogens (primary N) is 1. The lowest BCUT2D eigenvalue weighted by molar-refractivity contribution is 0.102. The highest BCUT2D eigenvalue weighted by Gasteiger charge is 2.13. The van der Waals surface area contributed by atoms with Crippen molar-refractivity contribution in [2.75, 3.05) is 25.3 Å². The van der Waals surface area contributed by atoms with Crippen LogP contribution in [0.25, 0.3) is 0 Å². The zero-order valence-electron chi connectivity index (χ0n) is 11.6. The summed E-state index contributed by atoms with van der Waals surface area (Å²) in [6.07, 6.45) is 0. The second-order valence-corrected chi connectivity index (χ2v) is 5.08. The van der Waals surface area contributed by atoms with Gasteiger partial charge in [-0.3, -0.25) is 4.79 Å². The summed E-state index contributed by atoms with van der Waals surface area (Å²) in [7, 11) is 3.07. The van der Waals surface area contributed by atoms with E-state index in [9.17, 15) is 4.79 Å². The van der Waals surface area contributed by atoms with Gasteiger partial charge in [0.2, 0.25) is 0 Å². The highest BCUT2D eigenvalue weighted by molar-refractivity contribution is 9.10. The number of carbonyl (C=O) groups excluding carboxylic acids is 1. The quantitative estimate of drug-likeness (QED) is 0.829. The van der Waals surface area contributed by atoms with E-state index in [0.29, 0.717) is 28.4 Å². The highest BCUT2D eigenvalue weighted by atomic mass is 79.9. The van der Waals surface area contributed by atoms with Gasteiger partial charge >= 0.3 is 0 Å². The minimum atomic E-state index is -0.309. The summed E-state index contributed by atoms with van der Waals surface area (Å²) in [6.45, 7) is 0. The molecule has 0 spiro atoms. The van der Waals surface area contributed by atoms with Crippen LogP contribution in [0.4, 0.5) is 11.4 Å². The van der Waals surface area contributed by atoms with Crippen LogP contribution in [0, 0.1) is 0 Å². The lowest BCUT2D eigenvalue weighted by Gasteiger charge is -2.11. The SMILES string of the molecule is COc1cc(NC(=O)c2cccc(OC)c2N)ccc1Br. The van der Waals surface area contributed by atoms with Crippen LogP contribution < -0.4 is 20.5 Å². The maximum atomic E-state index is 12.3. The molecular weight excluding hydrogens is 336 g/mol. The summed E-state index contributed by atoms with van der Waals surface area (Å²) in [6, 6.07) is 10.3. The van der Waals surface area contributed by atoms with Crippen LogP contribution >= 0.6 is 15.9 Å². The number of carbonyl (C=O) groups is 1. The summed E-state index contributed by atoms with van der Waals surface area (Å²) in [5.74, 6) is 0.790. The van der Waals surface area contributed by atoms with Gasteiger partial charge in [-0.1, -0.05) is 6.07 Å². The first kappa shape index (κ1) is 15.2. The Morgan fingerprint density at radius 3 is 2.52 bits per heavy atom. The number of methoxy groups -OCH3 is 2. The topological polar surface area (TPSA) is 73.6 Å². The van der Waals surface area contributed by atoms with Gasteiger partial charge in [0.05, 0.1) is 29.9 Å². The van der Waals surface area contributed by atoms with Crippen molar-refractivity contribution < 1.29 is 14.3 Å². The van der Waals surface area contributed by atoms with E-state index in [1.54, 1.807) is 43.5 Å². The molecule has 0 heterocycles. The molecule has 5 nitrogen and oxygen atoms in total. The smallest absolute Gasteiger partial charge is 0.257 e. The largest absolute Gasteiger partial charge is 0.495 e. The van der Waals surface area contributed by atoms with E-state index < -0.39 is 0 Å². The molecule has 0 unspecified atom stereocenters. The molecule has 0 bridgehead atoms. The van der Waals surface area contributed by atoms with Crippen molar-refractivity contribution in [1.29, 1.82) is 0 Å². The molecule has 0 aliphatic rings. The van der Waals surface area contributed by atoms with Gasteiger partial charge in [-0.2, -0.15) is 0 Å². The Labute approximate surface area is 131 Å². The Bertz CT molecular complexity index is 674. The zero-order chi connectivity index (χ0) is 15.4. The molecule has 0 aliphatic carbocycles. The lowest BCUT2D eigenvalue weighted by atomic mass is 10.1. The minimum absolute atomic E-state index is 0.307. The normalized spacial score (nSPS) is 10.0. The number of hydrogen-bond acceptors (Lipinski definition) is 4. The zero-order valence-corrected chi connectivity index (χ0v) is 13.2. The Morgan fingerprint density at radius 2 is 1.86 bits per heavy atom. The van der Waals surface area contributed by atoms with E-state index in [1.807, 2.05) is 0 Å². The molecule has 0 fully saturated rings. The predicted molar refractivity (Wildman–Crippen MR) is 86.1 cm³/mol. The first-order valence-corrected chi connectivity index (χ1v) is 6.93. The van der Waals surface area contributed by atoms with Gasteiger partial charge < -0.3 is 20.5 Å². The van der Waals surface area contributed by atoms with Crippen LogP contribution in [-0.4, -0.2) is 20.1 Å². The summed E-state index contributed by atoms with van der Waals surface area (Å²) in [4.78, 5) is 12.3.